The van der Waals surface area contributed by atoms with Gasteiger partial charge >= 0.3 is 13.3 Å². The summed E-state index contributed by atoms with van der Waals surface area (Å²) in [4.78, 5) is 0. The molecule has 0 spiro atoms. The largest absolute Gasteiger partial charge is 0.458 e. The Morgan fingerprint density at radius 1 is 1.17 bits per heavy atom. The van der Waals surface area contributed by atoms with Gasteiger partial charge in [-0.05, 0) is 64.0 Å². The van der Waals surface area contributed by atoms with Crippen LogP contribution in [0.15, 0.2) is 36.9 Å². The highest BCUT2D eigenvalue weighted by molar-refractivity contribution is 6.45. The van der Waals surface area contributed by atoms with Crippen LogP contribution in [0.5, 0.6) is 0 Å². The van der Waals surface area contributed by atoms with Gasteiger partial charge in [0, 0.05) is 1.37 Å². The lowest BCUT2D eigenvalue weighted by Gasteiger charge is -2.32. The first kappa shape index (κ1) is 17.6. The van der Waals surface area contributed by atoms with Gasteiger partial charge in [-0.1, -0.05) is 18.2 Å². The predicted molar refractivity (Wildman–Crippen MR) is 89.9 cm³/mol. The van der Waals surface area contributed by atoms with Gasteiger partial charge in [0.1, 0.15) is 0 Å². The van der Waals surface area contributed by atoms with E-state index in [1.54, 1.807) is 6.08 Å². The highest BCUT2D eigenvalue weighted by Crippen LogP contribution is 2.40. The average Bonchev–Trinajstić information content (AvgIpc) is 2.72. The minimum Gasteiger partial charge on any atom is -0.403 e. The summed E-state index contributed by atoms with van der Waals surface area (Å²) in [5.74, 6) is -0.366. The van der Waals surface area contributed by atoms with Gasteiger partial charge in [-0.3, -0.25) is 0 Å². The standard InChI is InChI=1S/C18H24BF3O2/c1-6-7-14(12-19-23-16(2,3)17(4,5)24-19)13-8-10-15(11-9-13)18(20,21)22/h6,8-11,14H,1,7,12H2,2-5H3/t14-/m0/s1/i12D/t12-,14+/m1. The third-order valence-electron chi connectivity index (χ3n) is 4.75. The molecule has 132 valence electrons. The van der Waals surface area contributed by atoms with Crippen molar-refractivity contribution in [2.24, 2.45) is 0 Å². The third kappa shape index (κ3) is 4.04. The summed E-state index contributed by atoms with van der Waals surface area (Å²) in [6, 6.07) is 4.93. The molecule has 0 aromatic heterocycles. The lowest BCUT2D eigenvalue weighted by Crippen LogP contribution is -2.41. The number of hydrogen-bond donors (Lipinski definition) is 0. The van der Waals surface area contributed by atoms with E-state index < -0.39 is 36.4 Å². The maximum Gasteiger partial charge on any atom is 0.458 e. The summed E-state index contributed by atoms with van der Waals surface area (Å²) in [6.45, 7) is 11.3. The van der Waals surface area contributed by atoms with Crippen molar-refractivity contribution in [3.63, 3.8) is 0 Å². The topological polar surface area (TPSA) is 18.5 Å². The minimum atomic E-state index is -4.38. The molecule has 1 aromatic carbocycles. The molecule has 1 fully saturated rings. The van der Waals surface area contributed by atoms with Gasteiger partial charge in [-0.25, -0.2) is 0 Å². The Kier molecular flexibility index (Phi) is 4.80. The van der Waals surface area contributed by atoms with Crippen molar-refractivity contribution in [3.05, 3.63) is 48.0 Å². The zero-order valence-electron chi connectivity index (χ0n) is 15.5. The van der Waals surface area contributed by atoms with Crippen molar-refractivity contribution >= 4 is 7.12 Å². The molecule has 0 unspecified atom stereocenters. The molecule has 1 aromatic rings. The second-order valence-electron chi connectivity index (χ2n) is 7.07. The third-order valence-corrected chi connectivity index (χ3v) is 4.75. The Morgan fingerprint density at radius 3 is 2.08 bits per heavy atom. The molecule has 2 rings (SSSR count). The van der Waals surface area contributed by atoms with Crippen molar-refractivity contribution in [1.82, 2.24) is 0 Å². The van der Waals surface area contributed by atoms with E-state index in [2.05, 4.69) is 6.58 Å². The molecule has 1 heterocycles. The molecule has 1 aliphatic heterocycles. The van der Waals surface area contributed by atoms with Crippen molar-refractivity contribution < 1.29 is 23.9 Å². The molecular weight excluding hydrogens is 316 g/mol. The fourth-order valence-electron chi connectivity index (χ4n) is 2.58. The Balaban J connectivity index is 2.25. The van der Waals surface area contributed by atoms with E-state index in [1.165, 1.54) is 12.1 Å². The van der Waals surface area contributed by atoms with E-state index in [0.29, 0.717) is 12.0 Å². The van der Waals surface area contributed by atoms with E-state index in [0.717, 1.165) is 12.1 Å². The molecule has 24 heavy (non-hydrogen) atoms. The van der Waals surface area contributed by atoms with E-state index in [-0.39, 0.29) is 5.92 Å². The van der Waals surface area contributed by atoms with Crippen LogP contribution in [-0.4, -0.2) is 18.3 Å². The van der Waals surface area contributed by atoms with Crippen LogP contribution < -0.4 is 0 Å². The van der Waals surface area contributed by atoms with Gasteiger partial charge < -0.3 is 9.31 Å². The minimum absolute atomic E-state index is 0.366. The Bertz CT molecular complexity index is 598. The van der Waals surface area contributed by atoms with Gasteiger partial charge in [0.25, 0.3) is 0 Å². The van der Waals surface area contributed by atoms with Gasteiger partial charge in [0.15, 0.2) is 0 Å². The van der Waals surface area contributed by atoms with Crippen LogP contribution in [0, 0.1) is 0 Å². The Morgan fingerprint density at radius 2 is 1.67 bits per heavy atom. The lowest BCUT2D eigenvalue weighted by atomic mass is 9.73. The number of hydrogen-bond acceptors (Lipinski definition) is 2. The fraction of sp³-hybridized carbons (Fsp3) is 0.556. The second-order valence-corrected chi connectivity index (χ2v) is 7.07. The SMILES string of the molecule is [2H][C@@H](B1OC(C)(C)C(C)(C)O1)[C@H](CC=C)c1ccc(C(F)(F)F)cc1. The zero-order chi connectivity index (χ0) is 19.0. The second kappa shape index (κ2) is 6.56. The monoisotopic (exact) mass is 341 g/mol. The Labute approximate surface area is 143 Å². The molecule has 0 radical (unpaired) electrons. The quantitative estimate of drug-likeness (QED) is 0.523. The molecule has 1 aliphatic rings. The molecular formula is C18H24BF3O2. The predicted octanol–water partition coefficient (Wildman–Crippen LogP) is 5.46. The lowest BCUT2D eigenvalue weighted by molar-refractivity contribution is -0.137. The summed E-state index contributed by atoms with van der Waals surface area (Å²) in [5, 5.41) is 0. The van der Waals surface area contributed by atoms with Gasteiger partial charge in [-0.2, -0.15) is 13.2 Å². The zero-order valence-corrected chi connectivity index (χ0v) is 14.5. The average molecular weight is 341 g/mol. The van der Waals surface area contributed by atoms with Crippen LogP contribution in [0.3, 0.4) is 0 Å². The molecule has 0 N–H and O–H groups in total. The highest BCUT2D eigenvalue weighted by atomic mass is 19.4. The summed E-state index contributed by atoms with van der Waals surface area (Å²) in [7, 11) is -0.753. The first-order chi connectivity index (χ1) is 11.4. The molecule has 6 heteroatoms. The smallest absolute Gasteiger partial charge is 0.403 e. The van der Waals surface area contributed by atoms with Crippen molar-refractivity contribution in [2.45, 2.75) is 63.7 Å². The van der Waals surface area contributed by atoms with Crippen molar-refractivity contribution in [3.8, 4) is 0 Å². The summed E-state index contributed by atoms with van der Waals surface area (Å²) in [6.07, 6.45) is -3.05. The molecule has 0 amide bonds. The number of halogens is 3. The van der Waals surface area contributed by atoms with Crippen LogP contribution in [0.2, 0.25) is 6.30 Å². The molecule has 0 saturated carbocycles. The Hall–Kier alpha value is -1.27. The van der Waals surface area contributed by atoms with Crippen LogP contribution >= 0.6 is 0 Å². The van der Waals surface area contributed by atoms with Crippen LogP contribution in [0.1, 0.15) is 52.5 Å². The number of benzene rings is 1. The molecule has 1 saturated heterocycles. The molecule has 2 atom stereocenters. The maximum atomic E-state index is 12.8. The van der Waals surface area contributed by atoms with Gasteiger partial charge in [0.2, 0.25) is 0 Å². The first-order valence-electron chi connectivity index (χ1n) is 8.53. The fourth-order valence-corrected chi connectivity index (χ4v) is 2.58. The summed E-state index contributed by atoms with van der Waals surface area (Å²) < 4.78 is 58.7. The molecule has 0 bridgehead atoms. The van der Waals surface area contributed by atoms with Gasteiger partial charge in [-0.15, -0.1) is 6.58 Å². The van der Waals surface area contributed by atoms with E-state index in [4.69, 9.17) is 10.7 Å². The molecule has 2 nitrogen and oxygen atoms in total. The van der Waals surface area contributed by atoms with Crippen molar-refractivity contribution in [1.29, 1.82) is 0 Å². The number of alkyl halides is 3. The van der Waals surface area contributed by atoms with Crippen LogP contribution in [0.4, 0.5) is 13.2 Å². The van der Waals surface area contributed by atoms with Crippen LogP contribution in [-0.2, 0) is 15.5 Å². The first-order valence-corrected chi connectivity index (χ1v) is 7.95. The van der Waals surface area contributed by atoms with Crippen LogP contribution in [0.25, 0.3) is 0 Å². The highest BCUT2D eigenvalue weighted by Gasteiger charge is 2.51. The van der Waals surface area contributed by atoms with E-state index >= 15 is 0 Å². The van der Waals surface area contributed by atoms with E-state index in [9.17, 15) is 13.2 Å². The number of rotatable bonds is 5. The number of allylic oxidation sites excluding steroid dienone is 1. The summed E-state index contributed by atoms with van der Waals surface area (Å²) in [5.41, 5.74) is -1.18. The van der Waals surface area contributed by atoms with Gasteiger partial charge in [0.05, 0.1) is 16.8 Å². The normalized spacial score (nSPS) is 22.8. The van der Waals surface area contributed by atoms with E-state index in [1.807, 2.05) is 27.7 Å². The van der Waals surface area contributed by atoms with Crippen molar-refractivity contribution in [2.75, 3.05) is 0 Å². The maximum absolute atomic E-state index is 12.8. The summed E-state index contributed by atoms with van der Waals surface area (Å²) >= 11 is 0. The molecule has 0 aliphatic carbocycles.